The number of carbonyl (C=O) groups is 1. The van der Waals surface area contributed by atoms with Gasteiger partial charge in [0.1, 0.15) is 11.3 Å². The molecule has 0 aromatic carbocycles. The van der Waals surface area contributed by atoms with Gasteiger partial charge >= 0.3 is 12.0 Å². The van der Waals surface area contributed by atoms with E-state index in [-0.39, 0.29) is 5.97 Å². The van der Waals surface area contributed by atoms with Crippen molar-refractivity contribution in [2.24, 2.45) is 11.8 Å². The first-order valence-corrected chi connectivity index (χ1v) is 7.82. The quantitative estimate of drug-likeness (QED) is 0.767. The molecule has 0 atom stereocenters. The van der Waals surface area contributed by atoms with E-state index in [4.69, 9.17) is 9.47 Å². The zero-order chi connectivity index (χ0) is 15.1. The summed E-state index contributed by atoms with van der Waals surface area (Å²) in [5, 5.41) is 0.847. The van der Waals surface area contributed by atoms with Gasteiger partial charge in [-0.15, -0.1) is 0 Å². The summed E-state index contributed by atoms with van der Waals surface area (Å²) in [5.74, 6) is 0.932. The number of aromatic nitrogens is 3. The molecule has 0 N–H and O–H groups in total. The van der Waals surface area contributed by atoms with E-state index in [0.29, 0.717) is 30.1 Å². The van der Waals surface area contributed by atoms with Crippen LogP contribution in [0, 0.1) is 11.8 Å². The van der Waals surface area contributed by atoms with Crippen LogP contribution in [0.25, 0.3) is 11.0 Å². The summed E-state index contributed by atoms with van der Waals surface area (Å²) in [6.07, 6.45) is 6.45. The van der Waals surface area contributed by atoms with Crippen LogP contribution in [0.3, 0.4) is 0 Å². The molecule has 116 valence electrons. The number of methoxy groups -OCH3 is 1. The first-order chi connectivity index (χ1) is 10.7. The van der Waals surface area contributed by atoms with Gasteiger partial charge in [0.25, 0.3) is 0 Å². The van der Waals surface area contributed by atoms with Crippen LogP contribution in [0.2, 0.25) is 0 Å². The normalized spacial score (nSPS) is 17.7. The molecule has 0 saturated heterocycles. The van der Waals surface area contributed by atoms with E-state index in [1.54, 1.807) is 13.3 Å². The lowest BCUT2D eigenvalue weighted by Crippen LogP contribution is -2.14. The monoisotopic (exact) mass is 301 g/mol. The number of ether oxygens (including phenoxy) is 2. The summed E-state index contributed by atoms with van der Waals surface area (Å²) in [5.41, 5.74) is 1.32. The van der Waals surface area contributed by atoms with Crippen molar-refractivity contribution in [3.8, 4) is 6.01 Å². The Kier molecular flexibility index (Phi) is 3.24. The highest BCUT2D eigenvalue weighted by molar-refractivity contribution is 5.94. The van der Waals surface area contributed by atoms with Gasteiger partial charge in [-0.1, -0.05) is 0 Å². The van der Waals surface area contributed by atoms with Crippen LogP contribution >= 0.6 is 0 Å². The summed E-state index contributed by atoms with van der Waals surface area (Å²) in [6, 6.07) is 2.15. The Morgan fingerprint density at radius 1 is 1.32 bits per heavy atom. The molecular weight excluding hydrogens is 282 g/mol. The molecule has 2 saturated carbocycles. The van der Waals surface area contributed by atoms with Crippen molar-refractivity contribution >= 4 is 17.0 Å². The van der Waals surface area contributed by atoms with Gasteiger partial charge in [0.05, 0.1) is 13.7 Å². The number of fused-ring (bicyclic) bond motifs is 1. The Hall–Kier alpha value is -2.11. The van der Waals surface area contributed by atoms with E-state index >= 15 is 0 Å². The number of esters is 1. The smallest absolute Gasteiger partial charge is 0.355 e. The highest BCUT2D eigenvalue weighted by atomic mass is 16.5. The third kappa shape index (κ3) is 2.65. The van der Waals surface area contributed by atoms with Crippen LogP contribution < -0.4 is 4.74 Å². The van der Waals surface area contributed by atoms with Crippen LogP contribution in [0.4, 0.5) is 0 Å². The first kappa shape index (κ1) is 13.5. The molecule has 0 aliphatic heterocycles. The van der Waals surface area contributed by atoms with Crippen molar-refractivity contribution < 1.29 is 14.3 Å². The van der Waals surface area contributed by atoms with Gasteiger partial charge in [0.15, 0.2) is 0 Å². The molecular formula is C16H19N3O3. The minimum atomic E-state index is -0.260. The van der Waals surface area contributed by atoms with Crippen LogP contribution in [-0.2, 0) is 11.3 Å². The molecule has 2 heterocycles. The van der Waals surface area contributed by atoms with E-state index in [0.717, 1.165) is 17.6 Å². The second-order valence-electron chi connectivity index (χ2n) is 6.26. The summed E-state index contributed by atoms with van der Waals surface area (Å²) < 4.78 is 12.5. The van der Waals surface area contributed by atoms with Crippen LogP contribution in [-0.4, -0.2) is 34.2 Å². The van der Waals surface area contributed by atoms with Gasteiger partial charge in [0.2, 0.25) is 0 Å². The largest absolute Gasteiger partial charge is 0.467 e. The van der Waals surface area contributed by atoms with Crippen molar-refractivity contribution in [3.05, 3.63) is 18.0 Å². The molecule has 0 spiro atoms. The number of carbonyl (C=O) groups excluding carboxylic acids is 1. The number of hydrogen-bond donors (Lipinski definition) is 0. The van der Waals surface area contributed by atoms with Crippen LogP contribution in [0.5, 0.6) is 6.01 Å². The van der Waals surface area contributed by atoms with Gasteiger partial charge < -0.3 is 14.0 Å². The maximum atomic E-state index is 12.4. The lowest BCUT2D eigenvalue weighted by atomic mass is 10.3. The first-order valence-electron chi connectivity index (χ1n) is 7.82. The molecule has 22 heavy (non-hydrogen) atoms. The lowest BCUT2D eigenvalue weighted by molar-refractivity contribution is 0.0473. The fraction of sp³-hybridized carbons (Fsp3) is 0.562. The standard InChI is InChI=1S/C16H19N3O3/c1-21-16-17-7-12-6-13(15(20)22-9-11-4-5-11)19(14(12)18-16)8-10-2-3-10/h6-7,10-11H,2-5,8-9H2,1H3. The molecule has 2 aliphatic carbocycles. The molecule has 0 bridgehead atoms. The number of rotatable bonds is 6. The van der Waals surface area contributed by atoms with E-state index < -0.39 is 0 Å². The third-order valence-electron chi connectivity index (χ3n) is 4.29. The van der Waals surface area contributed by atoms with Crippen molar-refractivity contribution in [1.29, 1.82) is 0 Å². The average molecular weight is 301 g/mol. The number of nitrogens with zero attached hydrogens (tertiary/aromatic N) is 3. The predicted molar refractivity (Wildman–Crippen MR) is 79.8 cm³/mol. The SMILES string of the molecule is COc1ncc2cc(C(=O)OCC3CC3)n(CC3CC3)c2n1. The molecule has 0 amide bonds. The molecule has 2 aliphatic rings. The van der Waals surface area contributed by atoms with Gasteiger partial charge in [0, 0.05) is 18.1 Å². The minimum Gasteiger partial charge on any atom is -0.467 e. The molecule has 2 aromatic heterocycles. The number of hydrogen-bond acceptors (Lipinski definition) is 5. The van der Waals surface area contributed by atoms with E-state index in [1.807, 2.05) is 10.6 Å². The van der Waals surface area contributed by atoms with Gasteiger partial charge in [-0.05, 0) is 43.6 Å². The topological polar surface area (TPSA) is 66.2 Å². The van der Waals surface area contributed by atoms with Crippen LogP contribution in [0.1, 0.15) is 36.2 Å². The molecule has 6 nitrogen and oxygen atoms in total. The fourth-order valence-corrected chi connectivity index (χ4v) is 2.59. The van der Waals surface area contributed by atoms with E-state index in [9.17, 15) is 4.79 Å². The second-order valence-corrected chi connectivity index (χ2v) is 6.26. The van der Waals surface area contributed by atoms with Gasteiger partial charge in [-0.2, -0.15) is 4.98 Å². The zero-order valence-corrected chi connectivity index (χ0v) is 12.6. The molecule has 0 unspecified atom stereocenters. The summed E-state index contributed by atoms with van der Waals surface area (Å²) >= 11 is 0. The van der Waals surface area contributed by atoms with E-state index in [2.05, 4.69) is 9.97 Å². The predicted octanol–water partition coefficient (Wildman–Crippen LogP) is 2.42. The molecule has 6 heteroatoms. The van der Waals surface area contributed by atoms with Crippen molar-refractivity contribution in [2.75, 3.05) is 13.7 Å². The van der Waals surface area contributed by atoms with E-state index in [1.165, 1.54) is 25.7 Å². The Morgan fingerprint density at radius 3 is 2.77 bits per heavy atom. The molecule has 2 aromatic rings. The van der Waals surface area contributed by atoms with Crippen molar-refractivity contribution in [2.45, 2.75) is 32.2 Å². The Morgan fingerprint density at radius 2 is 2.09 bits per heavy atom. The summed E-state index contributed by atoms with van der Waals surface area (Å²) in [4.78, 5) is 20.9. The molecule has 2 fully saturated rings. The average Bonchev–Trinajstić information content (AvgIpc) is 3.43. The Bertz CT molecular complexity index is 717. The minimum absolute atomic E-state index is 0.260. The maximum Gasteiger partial charge on any atom is 0.355 e. The van der Waals surface area contributed by atoms with Gasteiger partial charge in [-0.3, -0.25) is 0 Å². The maximum absolute atomic E-state index is 12.4. The van der Waals surface area contributed by atoms with Crippen molar-refractivity contribution in [1.82, 2.24) is 14.5 Å². The highest BCUT2D eigenvalue weighted by Crippen LogP contribution is 2.33. The Labute approximate surface area is 128 Å². The summed E-state index contributed by atoms with van der Waals surface area (Å²) in [7, 11) is 1.54. The van der Waals surface area contributed by atoms with Crippen LogP contribution in [0.15, 0.2) is 12.3 Å². The fourth-order valence-electron chi connectivity index (χ4n) is 2.59. The molecule has 0 radical (unpaired) electrons. The lowest BCUT2D eigenvalue weighted by Gasteiger charge is -2.09. The van der Waals surface area contributed by atoms with Gasteiger partial charge in [-0.25, -0.2) is 9.78 Å². The molecule has 4 rings (SSSR count). The van der Waals surface area contributed by atoms with Crippen molar-refractivity contribution in [3.63, 3.8) is 0 Å². The zero-order valence-electron chi connectivity index (χ0n) is 12.6. The summed E-state index contributed by atoms with van der Waals surface area (Å²) in [6.45, 7) is 1.33. The Balaban J connectivity index is 1.69. The highest BCUT2D eigenvalue weighted by Gasteiger charge is 2.28. The second kappa shape index (κ2) is 5.26. The third-order valence-corrected chi connectivity index (χ3v) is 4.29.